The average molecular weight is 284 g/mol. The zero-order chi connectivity index (χ0) is 13.8. The van der Waals surface area contributed by atoms with E-state index in [4.69, 9.17) is 16.3 Å². The number of halogens is 2. The van der Waals surface area contributed by atoms with Gasteiger partial charge in [0.15, 0.2) is 0 Å². The molecule has 0 amide bonds. The molecule has 98 valence electrons. The van der Waals surface area contributed by atoms with Gasteiger partial charge in [-0.05, 0) is 6.07 Å². The first-order valence-corrected chi connectivity index (χ1v) is 5.62. The third-order valence-corrected chi connectivity index (χ3v) is 2.46. The van der Waals surface area contributed by atoms with E-state index in [1.807, 2.05) is 0 Å². The summed E-state index contributed by atoms with van der Waals surface area (Å²) < 4.78 is 18.2. The summed E-state index contributed by atoms with van der Waals surface area (Å²) in [5.74, 6) is -0.679. The van der Waals surface area contributed by atoms with E-state index in [-0.39, 0.29) is 23.3 Å². The maximum Gasteiger partial charge on any atom is 0.322 e. The van der Waals surface area contributed by atoms with E-state index in [1.165, 1.54) is 12.4 Å². The van der Waals surface area contributed by atoms with Crippen LogP contribution in [0.2, 0.25) is 0 Å². The normalized spacial score (nSPS) is 10.2. The van der Waals surface area contributed by atoms with Crippen molar-refractivity contribution in [1.29, 1.82) is 0 Å². The topological polar surface area (TPSA) is 78.2 Å². The van der Waals surface area contributed by atoms with Crippen molar-refractivity contribution in [2.45, 2.75) is 5.88 Å². The highest BCUT2D eigenvalue weighted by Crippen LogP contribution is 2.30. The van der Waals surface area contributed by atoms with Gasteiger partial charge in [0.05, 0.1) is 10.8 Å². The van der Waals surface area contributed by atoms with Crippen molar-refractivity contribution in [3.05, 3.63) is 52.1 Å². The van der Waals surface area contributed by atoms with Gasteiger partial charge in [-0.2, -0.15) is 0 Å². The number of aromatic nitrogens is 2. The molecule has 19 heavy (non-hydrogen) atoms. The van der Waals surface area contributed by atoms with Gasteiger partial charge >= 0.3 is 11.7 Å². The Morgan fingerprint density at radius 2 is 2.05 bits per heavy atom. The predicted molar refractivity (Wildman–Crippen MR) is 64.7 cm³/mol. The second-order valence-electron chi connectivity index (χ2n) is 3.48. The summed E-state index contributed by atoms with van der Waals surface area (Å²) in [4.78, 5) is 17.7. The molecule has 1 heterocycles. The minimum atomic E-state index is -0.679. The number of nitro groups is 1. The van der Waals surface area contributed by atoms with Crippen LogP contribution in [0.4, 0.5) is 10.1 Å². The molecule has 0 bridgehead atoms. The second-order valence-corrected chi connectivity index (χ2v) is 3.75. The fourth-order valence-electron chi connectivity index (χ4n) is 1.28. The van der Waals surface area contributed by atoms with Crippen molar-refractivity contribution in [2.24, 2.45) is 0 Å². The molecule has 0 saturated heterocycles. The van der Waals surface area contributed by atoms with Gasteiger partial charge in [0.2, 0.25) is 5.75 Å². The summed E-state index contributed by atoms with van der Waals surface area (Å²) in [5, 5.41) is 10.8. The maximum absolute atomic E-state index is 13.1. The summed E-state index contributed by atoms with van der Waals surface area (Å²) in [6.07, 6.45) is 2.83. The Kier molecular flexibility index (Phi) is 3.86. The Morgan fingerprint density at radius 1 is 1.37 bits per heavy atom. The van der Waals surface area contributed by atoms with E-state index in [0.29, 0.717) is 5.56 Å². The number of nitro benzene ring substituents is 1. The lowest BCUT2D eigenvalue weighted by Gasteiger charge is -2.04. The van der Waals surface area contributed by atoms with Crippen LogP contribution in [-0.2, 0) is 5.88 Å². The van der Waals surface area contributed by atoms with Crippen LogP contribution in [0, 0.1) is 15.9 Å². The van der Waals surface area contributed by atoms with Gasteiger partial charge in [0, 0.05) is 30.1 Å². The molecule has 1 aromatic heterocycles. The van der Waals surface area contributed by atoms with Gasteiger partial charge in [0.1, 0.15) is 5.82 Å². The SMILES string of the molecule is O=[N+]([O-])c1ccc(F)cc1Oc1ncc(CCl)cn1. The fraction of sp³-hybridized carbons (Fsp3) is 0.0909. The van der Waals surface area contributed by atoms with Crippen LogP contribution >= 0.6 is 11.6 Å². The highest BCUT2D eigenvalue weighted by atomic mass is 35.5. The molecule has 0 N–H and O–H groups in total. The molecular weight excluding hydrogens is 277 g/mol. The Labute approximate surface area is 112 Å². The molecule has 0 fully saturated rings. The first kappa shape index (κ1) is 13.2. The Hall–Kier alpha value is -2.28. The molecule has 0 radical (unpaired) electrons. The third-order valence-electron chi connectivity index (χ3n) is 2.16. The first-order chi connectivity index (χ1) is 9.10. The number of alkyl halides is 1. The summed E-state index contributed by atoms with van der Waals surface area (Å²) in [6, 6.07) is 2.76. The Bertz CT molecular complexity index is 607. The van der Waals surface area contributed by atoms with E-state index in [1.54, 1.807) is 0 Å². The Morgan fingerprint density at radius 3 is 2.63 bits per heavy atom. The number of nitrogens with zero attached hydrogens (tertiary/aromatic N) is 3. The minimum Gasteiger partial charge on any atom is -0.417 e. The molecule has 0 spiro atoms. The molecule has 0 aliphatic heterocycles. The van der Waals surface area contributed by atoms with Crippen LogP contribution < -0.4 is 4.74 Å². The van der Waals surface area contributed by atoms with Crippen molar-refractivity contribution in [2.75, 3.05) is 0 Å². The van der Waals surface area contributed by atoms with E-state index < -0.39 is 10.7 Å². The van der Waals surface area contributed by atoms with Crippen LogP contribution in [0.1, 0.15) is 5.56 Å². The molecule has 0 aliphatic rings. The van der Waals surface area contributed by atoms with Gasteiger partial charge in [0.25, 0.3) is 0 Å². The van der Waals surface area contributed by atoms with Crippen LogP contribution in [-0.4, -0.2) is 14.9 Å². The highest BCUT2D eigenvalue weighted by Gasteiger charge is 2.17. The number of rotatable bonds is 4. The molecule has 2 rings (SSSR count). The fourth-order valence-corrected chi connectivity index (χ4v) is 1.42. The lowest BCUT2D eigenvalue weighted by atomic mass is 10.3. The molecule has 8 heteroatoms. The van der Waals surface area contributed by atoms with Gasteiger partial charge < -0.3 is 4.74 Å². The number of ether oxygens (including phenoxy) is 1. The van der Waals surface area contributed by atoms with Gasteiger partial charge in [-0.25, -0.2) is 14.4 Å². The molecular formula is C11H7ClFN3O3. The average Bonchev–Trinajstić information content (AvgIpc) is 2.39. The zero-order valence-corrected chi connectivity index (χ0v) is 10.2. The van der Waals surface area contributed by atoms with Gasteiger partial charge in [-0.3, -0.25) is 10.1 Å². The lowest BCUT2D eigenvalue weighted by molar-refractivity contribution is -0.385. The smallest absolute Gasteiger partial charge is 0.322 e. The number of hydrogen-bond acceptors (Lipinski definition) is 5. The predicted octanol–water partition coefficient (Wildman–Crippen LogP) is 3.06. The molecule has 0 saturated carbocycles. The molecule has 6 nitrogen and oxygen atoms in total. The van der Waals surface area contributed by atoms with E-state index >= 15 is 0 Å². The van der Waals surface area contributed by atoms with Crippen molar-refractivity contribution in [3.8, 4) is 11.8 Å². The quantitative estimate of drug-likeness (QED) is 0.489. The Balaban J connectivity index is 2.31. The summed E-state index contributed by atoms with van der Waals surface area (Å²) in [6.45, 7) is 0. The molecule has 1 aromatic carbocycles. The van der Waals surface area contributed by atoms with Crippen LogP contribution in [0.15, 0.2) is 30.6 Å². The maximum atomic E-state index is 13.1. The van der Waals surface area contributed by atoms with Crippen molar-refractivity contribution in [3.63, 3.8) is 0 Å². The van der Waals surface area contributed by atoms with Crippen LogP contribution in [0.25, 0.3) is 0 Å². The standard InChI is InChI=1S/C11H7ClFN3O3/c12-4-7-5-14-11(15-6-7)19-10-3-8(13)1-2-9(10)16(17)18/h1-3,5-6H,4H2. The summed E-state index contributed by atoms with van der Waals surface area (Å²) in [5.41, 5.74) is 0.300. The minimum absolute atomic E-state index is 0.123. The summed E-state index contributed by atoms with van der Waals surface area (Å²) >= 11 is 5.57. The van der Waals surface area contributed by atoms with E-state index in [9.17, 15) is 14.5 Å². The zero-order valence-electron chi connectivity index (χ0n) is 9.42. The molecule has 0 unspecified atom stereocenters. The highest BCUT2D eigenvalue weighted by molar-refractivity contribution is 6.17. The van der Waals surface area contributed by atoms with E-state index in [2.05, 4.69) is 9.97 Å². The van der Waals surface area contributed by atoms with Crippen molar-refractivity contribution >= 4 is 17.3 Å². The van der Waals surface area contributed by atoms with E-state index in [0.717, 1.165) is 18.2 Å². The first-order valence-electron chi connectivity index (χ1n) is 5.09. The molecule has 0 atom stereocenters. The van der Waals surface area contributed by atoms with Crippen molar-refractivity contribution in [1.82, 2.24) is 9.97 Å². The largest absolute Gasteiger partial charge is 0.417 e. The molecule has 2 aromatic rings. The van der Waals surface area contributed by atoms with Crippen LogP contribution in [0.5, 0.6) is 11.8 Å². The van der Waals surface area contributed by atoms with Crippen molar-refractivity contribution < 1.29 is 14.1 Å². The molecule has 0 aliphatic carbocycles. The van der Waals surface area contributed by atoms with Crippen LogP contribution in [0.3, 0.4) is 0 Å². The summed E-state index contributed by atoms with van der Waals surface area (Å²) in [7, 11) is 0. The number of hydrogen-bond donors (Lipinski definition) is 0. The second kappa shape index (κ2) is 5.57. The third kappa shape index (κ3) is 3.14. The van der Waals surface area contributed by atoms with Gasteiger partial charge in [-0.15, -0.1) is 11.6 Å². The van der Waals surface area contributed by atoms with Gasteiger partial charge in [-0.1, -0.05) is 0 Å². The lowest BCUT2D eigenvalue weighted by Crippen LogP contribution is -1.97. The number of benzene rings is 1. The monoisotopic (exact) mass is 283 g/mol.